The molecule has 2 nitrogen and oxygen atoms in total. The molecule has 1 aliphatic carbocycles. The van der Waals surface area contributed by atoms with Gasteiger partial charge >= 0.3 is 0 Å². The predicted octanol–water partition coefficient (Wildman–Crippen LogP) is 4.81. The highest BCUT2D eigenvalue weighted by Gasteiger charge is 2.36. The van der Waals surface area contributed by atoms with E-state index in [0.717, 1.165) is 11.1 Å². The summed E-state index contributed by atoms with van der Waals surface area (Å²) in [4.78, 5) is 0. The summed E-state index contributed by atoms with van der Waals surface area (Å²) in [5, 5.41) is 0. The molecule has 0 aliphatic heterocycles. The van der Waals surface area contributed by atoms with Gasteiger partial charge in [-0.05, 0) is 49.3 Å². The van der Waals surface area contributed by atoms with Crippen molar-refractivity contribution in [3.63, 3.8) is 0 Å². The summed E-state index contributed by atoms with van der Waals surface area (Å²) in [5.41, 5.74) is 3.58. The van der Waals surface area contributed by atoms with Gasteiger partial charge in [0, 0.05) is 14.2 Å². The Morgan fingerprint density at radius 2 is 0.833 bits per heavy atom. The van der Waals surface area contributed by atoms with Crippen LogP contribution in [0, 0.1) is 13.8 Å². The maximum absolute atomic E-state index is 5.87. The van der Waals surface area contributed by atoms with Gasteiger partial charge in [0.1, 0.15) is 11.2 Å². The average molecular weight is 320 g/mol. The van der Waals surface area contributed by atoms with Crippen LogP contribution >= 0.6 is 0 Å². The normalized spacial score (nSPS) is 25.8. The minimum absolute atomic E-state index is 0.555. The lowest BCUT2D eigenvalue weighted by molar-refractivity contribution is 0.0421. The largest absolute Gasteiger partial charge is 0.365 e. The second-order valence-corrected chi connectivity index (χ2v) is 6.39. The van der Waals surface area contributed by atoms with Crippen molar-refractivity contribution >= 4 is 0 Å². The van der Waals surface area contributed by atoms with Crippen LogP contribution in [0.3, 0.4) is 0 Å². The van der Waals surface area contributed by atoms with Gasteiger partial charge in [0.2, 0.25) is 0 Å². The number of rotatable bonds is 4. The van der Waals surface area contributed by atoms with Crippen molar-refractivity contribution in [3.8, 4) is 0 Å². The molecule has 0 unspecified atom stereocenters. The third-order valence-corrected chi connectivity index (χ3v) is 4.84. The summed E-state index contributed by atoms with van der Waals surface area (Å²) >= 11 is 0. The molecule has 0 spiro atoms. The van der Waals surface area contributed by atoms with E-state index in [-0.39, 0.29) is 0 Å². The number of methoxy groups -OCH3 is 2. The monoisotopic (exact) mass is 320 g/mol. The molecule has 2 heteroatoms. The van der Waals surface area contributed by atoms with Gasteiger partial charge in [-0.15, -0.1) is 0 Å². The number of hydrogen-bond donors (Lipinski definition) is 0. The number of hydrogen-bond acceptors (Lipinski definition) is 2. The SMILES string of the molecule is CO[C@]1(c2ccc(C)cc2)C=C[C@@](OC)(c2ccc(C)cc2)C=C1. The quantitative estimate of drug-likeness (QED) is 0.752. The molecule has 1 aliphatic rings. The fourth-order valence-electron chi connectivity index (χ4n) is 3.13. The molecule has 0 atom stereocenters. The van der Waals surface area contributed by atoms with Crippen molar-refractivity contribution in [3.05, 3.63) is 95.1 Å². The van der Waals surface area contributed by atoms with Crippen LogP contribution in [0.25, 0.3) is 0 Å². The van der Waals surface area contributed by atoms with E-state index in [4.69, 9.17) is 9.47 Å². The molecule has 2 aromatic carbocycles. The molecule has 0 saturated carbocycles. The van der Waals surface area contributed by atoms with Gasteiger partial charge in [-0.1, -0.05) is 59.7 Å². The Bertz CT molecular complexity index is 672. The first-order valence-corrected chi connectivity index (χ1v) is 8.19. The fraction of sp³-hybridized carbons (Fsp3) is 0.273. The zero-order chi connectivity index (χ0) is 17.2. The molecular formula is C22H24O2. The summed E-state index contributed by atoms with van der Waals surface area (Å²) < 4.78 is 11.7. The van der Waals surface area contributed by atoms with E-state index in [1.165, 1.54) is 11.1 Å². The molecule has 0 aromatic heterocycles. The van der Waals surface area contributed by atoms with Gasteiger partial charge in [0.15, 0.2) is 0 Å². The Hall–Kier alpha value is -2.16. The lowest BCUT2D eigenvalue weighted by Gasteiger charge is -2.36. The maximum Gasteiger partial charge on any atom is 0.129 e. The van der Waals surface area contributed by atoms with Crippen LogP contribution in [0.15, 0.2) is 72.8 Å². The van der Waals surface area contributed by atoms with Gasteiger partial charge < -0.3 is 9.47 Å². The molecule has 0 fully saturated rings. The Balaban J connectivity index is 2.00. The fourth-order valence-corrected chi connectivity index (χ4v) is 3.13. The molecule has 0 heterocycles. The van der Waals surface area contributed by atoms with Gasteiger partial charge in [-0.3, -0.25) is 0 Å². The van der Waals surface area contributed by atoms with E-state index in [1.54, 1.807) is 14.2 Å². The van der Waals surface area contributed by atoms with Crippen LogP contribution in [0.5, 0.6) is 0 Å². The third kappa shape index (κ3) is 2.83. The first-order chi connectivity index (χ1) is 11.5. The molecule has 24 heavy (non-hydrogen) atoms. The third-order valence-electron chi connectivity index (χ3n) is 4.84. The van der Waals surface area contributed by atoms with Crippen LogP contribution < -0.4 is 0 Å². The van der Waals surface area contributed by atoms with Crippen molar-refractivity contribution in [1.29, 1.82) is 0 Å². The Kier molecular flexibility index (Phi) is 4.44. The van der Waals surface area contributed by atoms with E-state index in [2.05, 4.69) is 86.7 Å². The maximum atomic E-state index is 5.87. The van der Waals surface area contributed by atoms with E-state index < -0.39 is 11.2 Å². The summed E-state index contributed by atoms with van der Waals surface area (Å²) in [6.07, 6.45) is 8.34. The molecule has 3 rings (SSSR count). The minimum Gasteiger partial charge on any atom is -0.365 e. The predicted molar refractivity (Wildman–Crippen MR) is 98.0 cm³/mol. The number of aryl methyl sites for hydroxylation is 2. The summed E-state index contributed by atoms with van der Waals surface area (Å²) in [5.74, 6) is 0. The molecule has 2 aromatic rings. The van der Waals surface area contributed by atoms with Gasteiger partial charge in [0.05, 0.1) is 0 Å². The molecular weight excluding hydrogens is 296 g/mol. The van der Waals surface area contributed by atoms with Gasteiger partial charge in [0.25, 0.3) is 0 Å². The Labute approximate surface area is 144 Å². The molecule has 0 bridgehead atoms. The molecule has 0 saturated heterocycles. The zero-order valence-electron chi connectivity index (χ0n) is 14.7. The number of ether oxygens (including phenoxy) is 2. The highest BCUT2D eigenvalue weighted by Crippen LogP contribution is 2.39. The Morgan fingerprint density at radius 3 is 1.08 bits per heavy atom. The molecule has 0 amide bonds. The Morgan fingerprint density at radius 1 is 0.542 bits per heavy atom. The first kappa shape index (κ1) is 16.7. The van der Waals surface area contributed by atoms with Crippen molar-refractivity contribution in [2.75, 3.05) is 14.2 Å². The van der Waals surface area contributed by atoms with Crippen molar-refractivity contribution in [2.24, 2.45) is 0 Å². The summed E-state index contributed by atoms with van der Waals surface area (Å²) in [7, 11) is 3.47. The van der Waals surface area contributed by atoms with Crippen LogP contribution in [-0.4, -0.2) is 14.2 Å². The highest BCUT2D eigenvalue weighted by molar-refractivity contribution is 5.44. The van der Waals surface area contributed by atoms with Crippen LogP contribution in [0.1, 0.15) is 22.3 Å². The highest BCUT2D eigenvalue weighted by atomic mass is 16.5. The van der Waals surface area contributed by atoms with Crippen molar-refractivity contribution in [1.82, 2.24) is 0 Å². The van der Waals surface area contributed by atoms with Crippen molar-refractivity contribution < 1.29 is 9.47 Å². The second kappa shape index (κ2) is 6.39. The topological polar surface area (TPSA) is 18.5 Å². The van der Waals surface area contributed by atoms with E-state index >= 15 is 0 Å². The smallest absolute Gasteiger partial charge is 0.129 e. The van der Waals surface area contributed by atoms with E-state index in [1.807, 2.05) is 0 Å². The van der Waals surface area contributed by atoms with Gasteiger partial charge in [-0.25, -0.2) is 0 Å². The van der Waals surface area contributed by atoms with Crippen LogP contribution in [0.4, 0.5) is 0 Å². The standard InChI is InChI=1S/C22H24O2/c1-17-5-9-19(10-6-17)21(23-3)13-15-22(24-4,16-14-21)20-11-7-18(2)8-12-20/h5-16H,1-4H3/t21-,22+. The summed E-state index contributed by atoms with van der Waals surface area (Å²) in [6.45, 7) is 4.17. The average Bonchev–Trinajstić information content (AvgIpc) is 2.63. The van der Waals surface area contributed by atoms with Gasteiger partial charge in [-0.2, -0.15) is 0 Å². The van der Waals surface area contributed by atoms with Crippen LogP contribution in [0.2, 0.25) is 0 Å². The zero-order valence-corrected chi connectivity index (χ0v) is 14.7. The molecule has 0 N–H and O–H groups in total. The molecule has 124 valence electrons. The van der Waals surface area contributed by atoms with Crippen LogP contribution in [-0.2, 0) is 20.7 Å². The lowest BCUT2D eigenvalue weighted by Crippen LogP contribution is -2.33. The lowest BCUT2D eigenvalue weighted by atomic mass is 9.81. The van der Waals surface area contributed by atoms with E-state index in [9.17, 15) is 0 Å². The first-order valence-electron chi connectivity index (χ1n) is 8.19. The molecule has 0 radical (unpaired) electrons. The van der Waals surface area contributed by atoms with E-state index in [0.29, 0.717) is 0 Å². The van der Waals surface area contributed by atoms with Crippen molar-refractivity contribution in [2.45, 2.75) is 25.0 Å². The minimum atomic E-state index is -0.555. The summed E-state index contributed by atoms with van der Waals surface area (Å²) in [6, 6.07) is 16.9. The number of benzene rings is 2. The second-order valence-electron chi connectivity index (χ2n) is 6.39.